The van der Waals surface area contributed by atoms with Crippen LogP contribution in [0.5, 0.6) is 11.5 Å². The summed E-state index contributed by atoms with van der Waals surface area (Å²) in [6.07, 6.45) is 0. The molecule has 1 N–H and O–H groups in total. The minimum Gasteiger partial charge on any atom is -0.486 e. The van der Waals surface area contributed by atoms with Crippen molar-refractivity contribution >= 4 is 5.91 Å². The Balaban J connectivity index is 1.63. The van der Waals surface area contributed by atoms with Crippen molar-refractivity contribution in [1.29, 1.82) is 0 Å². The van der Waals surface area contributed by atoms with Crippen LogP contribution in [0.2, 0.25) is 0 Å². The van der Waals surface area contributed by atoms with Gasteiger partial charge >= 0.3 is 0 Å². The standard InChI is InChI=1S/C23H21NO3/c1-16-7-9-18(10-8-16)22(17-5-3-2-4-6-17)24-23(25)19-11-12-20-21(15-19)27-14-13-26-20/h2-12,15,22H,13-14H2,1H3,(H,24,25). The first-order valence-electron chi connectivity index (χ1n) is 9.03. The Morgan fingerprint density at radius 2 is 1.52 bits per heavy atom. The van der Waals surface area contributed by atoms with E-state index in [1.54, 1.807) is 18.2 Å². The van der Waals surface area contributed by atoms with Gasteiger partial charge in [-0.15, -0.1) is 0 Å². The molecule has 1 amide bonds. The lowest BCUT2D eigenvalue weighted by Gasteiger charge is -2.22. The van der Waals surface area contributed by atoms with Gasteiger partial charge in [0.2, 0.25) is 0 Å². The molecule has 0 saturated carbocycles. The molecule has 1 unspecified atom stereocenters. The Hall–Kier alpha value is -3.27. The zero-order valence-corrected chi connectivity index (χ0v) is 15.1. The van der Waals surface area contributed by atoms with E-state index < -0.39 is 0 Å². The number of benzene rings is 3. The van der Waals surface area contributed by atoms with Crippen molar-refractivity contribution in [2.24, 2.45) is 0 Å². The van der Waals surface area contributed by atoms with Crippen molar-refractivity contribution < 1.29 is 14.3 Å². The molecule has 1 aliphatic rings. The molecule has 0 bridgehead atoms. The third-order valence-corrected chi connectivity index (χ3v) is 4.62. The SMILES string of the molecule is Cc1ccc(C(NC(=O)c2ccc3c(c2)OCCO3)c2ccccc2)cc1. The van der Waals surface area contributed by atoms with E-state index in [9.17, 15) is 4.79 Å². The molecule has 4 heteroatoms. The van der Waals surface area contributed by atoms with E-state index in [4.69, 9.17) is 9.47 Å². The van der Waals surface area contributed by atoms with Gasteiger partial charge in [-0.2, -0.15) is 0 Å². The van der Waals surface area contributed by atoms with Crippen molar-refractivity contribution in [2.45, 2.75) is 13.0 Å². The Morgan fingerprint density at radius 1 is 0.852 bits per heavy atom. The van der Waals surface area contributed by atoms with Crippen molar-refractivity contribution in [3.8, 4) is 11.5 Å². The second-order valence-corrected chi connectivity index (χ2v) is 6.59. The predicted molar refractivity (Wildman–Crippen MR) is 104 cm³/mol. The Labute approximate surface area is 158 Å². The summed E-state index contributed by atoms with van der Waals surface area (Å²) < 4.78 is 11.1. The highest BCUT2D eigenvalue weighted by atomic mass is 16.6. The van der Waals surface area contributed by atoms with Crippen LogP contribution in [-0.2, 0) is 0 Å². The highest BCUT2D eigenvalue weighted by molar-refractivity contribution is 5.95. The summed E-state index contributed by atoms with van der Waals surface area (Å²) >= 11 is 0. The first-order valence-corrected chi connectivity index (χ1v) is 9.03. The summed E-state index contributed by atoms with van der Waals surface area (Å²) in [5.41, 5.74) is 3.81. The first-order chi connectivity index (χ1) is 13.2. The first kappa shape index (κ1) is 17.2. The number of nitrogens with one attached hydrogen (secondary N) is 1. The highest BCUT2D eigenvalue weighted by Crippen LogP contribution is 2.31. The van der Waals surface area contributed by atoms with Gasteiger partial charge in [-0.25, -0.2) is 0 Å². The highest BCUT2D eigenvalue weighted by Gasteiger charge is 2.20. The second kappa shape index (κ2) is 7.54. The van der Waals surface area contributed by atoms with E-state index >= 15 is 0 Å². The van der Waals surface area contributed by atoms with Crippen molar-refractivity contribution in [2.75, 3.05) is 13.2 Å². The van der Waals surface area contributed by atoms with Crippen LogP contribution < -0.4 is 14.8 Å². The number of ether oxygens (including phenoxy) is 2. The van der Waals surface area contributed by atoms with Crippen LogP contribution in [0.3, 0.4) is 0 Å². The van der Waals surface area contributed by atoms with E-state index in [0.717, 1.165) is 11.1 Å². The van der Waals surface area contributed by atoms with Crippen LogP contribution in [-0.4, -0.2) is 19.1 Å². The summed E-state index contributed by atoms with van der Waals surface area (Å²) in [5.74, 6) is 1.14. The van der Waals surface area contributed by atoms with Crippen LogP contribution in [0, 0.1) is 6.92 Å². The molecule has 0 aliphatic carbocycles. The molecule has 0 radical (unpaired) electrons. The lowest BCUT2D eigenvalue weighted by molar-refractivity contribution is 0.0941. The molecular formula is C23H21NO3. The zero-order valence-electron chi connectivity index (χ0n) is 15.1. The average Bonchev–Trinajstić information content (AvgIpc) is 2.73. The number of carbonyl (C=O) groups excluding carboxylic acids is 1. The summed E-state index contributed by atoms with van der Waals surface area (Å²) in [6.45, 7) is 3.07. The van der Waals surface area contributed by atoms with Crippen LogP contribution >= 0.6 is 0 Å². The largest absolute Gasteiger partial charge is 0.486 e. The van der Waals surface area contributed by atoms with E-state index in [1.165, 1.54) is 5.56 Å². The van der Waals surface area contributed by atoms with Gasteiger partial charge in [-0.05, 0) is 36.2 Å². The molecular weight excluding hydrogens is 338 g/mol. The average molecular weight is 359 g/mol. The summed E-state index contributed by atoms with van der Waals surface area (Å²) in [7, 11) is 0. The van der Waals surface area contributed by atoms with Gasteiger partial charge in [0.05, 0.1) is 6.04 Å². The topological polar surface area (TPSA) is 47.6 Å². The number of carbonyl (C=O) groups is 1. The third-order valence-electron chi connectivity index (χ3n) is 4.62. The maximum absolute atomic E-state index is 12.9. The fraction of sp³-hybridized carbons (Fsp3) is 0.174. The Bertz CT molecular complexity index is 936. The number of fused-ring (bicyclic) bond motifs is 1. The van der Waals surface area contributed by atoms with Gasteiger partial charge in [-0.3, -0.25) is 4.79 Å². The monoisotopic (exact) mass is 359 g/mol. The molecule has 0 spiro atoms. The molecule has 1 heterocycles. The maximum atomic E-state index is 12.9. The number of rotatable bonds is 4. The van der Waals surface area contributed by atoms with Gasteiger partial charge in [0.15, 0.2) is 11.5 Å². The number of hydrogen-bond acceptors (Lipinski definition) is 3. The quantitative estimate of drug-likeness (QED) is 0.756. The van der Waals surface area contributed by atoms with Crippen LogP contribution in [0.25, 0.3) is 0 Å². The summed E-state index contributed by atoms with van der Waals surface area (Å²) in [6, 6.07) is 23.2. The van der Waals surface area contributed by atoms with E-state index in [2.05, 4.69) is 36.5 Å². The van der Waals surface area contributed by atoms with Crippen LogP contribution in [0.4, 0.5) is 0 Å². The van der Waals surface area contributed by atoms with Gasteiger partial charge < -0.3 is 14.8 Å². The molecule has 4 nitrogen and oxygen atoms in total. The van der Waals surface area contributed by atoms with Crippen molar-refractivity contribution in [3.05, 3.63) is 95.1 Å². The van der Waals surface area contributed by atoms with E-state index in [-0.39, 0.29) is 11.9 Å². The van der Waals surface area contributed by atoms with E-state index in [0.29, 0.717) is 30.3 Å². The van der Waals surface area contributed by atoms with Crippen molar-refractivity contribution in [3.63, 3.8) is 0 Å². The molecule has 27 heavy (non-hydrogen) atoms. The van der Waals surface area contributed by atoms with Gasteiger partial charge in [0.25, 0.3) is 5.91 Å². The van der Waals surface area contributed by atoms with Crippen molar-refractivity contribution in [1.82, 2.24) is 5.32 Å². The lowest BCUT2D eigenvalue weighted by atomic mass is 9.97. The zero-order chi connectivity index (χ0) is 18.6. The molecule has 136 valence electrons. The number of aryl methyl sites for hydroxylation is 1. The molecule has 0 aromatic heterocycles. The van der Waals surface area contributed by atoms with Gasteiger partial charge in [-0.1, -0.05) is 60.2 Å². The fourth-order valence-electron chi connectivity index (χ4n) is 3.16. The molecule has 0 fully saturated rings. The molecule has 3 aromatic rings. The maximum Gasteiger partial charge on any atom is 0.252 e. The molecule has 1 aliphatic heterocycles. The summed E-state index contributed by atoms with van der Waals surface area (Å²) in [4.78, 5) is 12.9. The van der Waals surface area contributed by atoms with Crippen LogP contribution in [0.15, 0.2) is 72.8 Å². The lowest BCUT2D eigenvalue weighted by Crippen LogP contribution is -2.29. The number of amides is 1. The van der Waals surface area contributed by atoms with E-state index in [1.807, 2.05) is 30.3 Å². The molecule has 0 saturated heterocycles. The predicted octanol–water partition coefficient (Wildman–Crippen LogP) is 4.29. The summed E-state index contributed by atoms with van der Waals surface area (Å²) in [5, 5.41) is 3.16. The Kier molecular flexibility index (Phi) is 4.79. The number of hydrogen-bond donors (Lipinski definition) is 1. The smallest absolute Gasteiger partial charge is 0.252 e. The molecule has 1 atom stereocenters. The van der Waals surface area contributed by atoms with Gasteiger partial charge in [0.1, 0.15) is 13.2 Å². The van der Waals surface area contributed by atoms with Gasteiger partial charge in [0, 0.05) is 5.56 Å². The second-order valence-electron chi connectivity index (χ2n) is 6.59. The fourth-order valence-corrected chi connectivity index (χ4v) is 3.16. The molecule has 3 aromatic carbocycles. The van der Waals surface area contributed by atoms with Crippen LogP contribution in [0.1, 0.15) is 33.1 Å². The minimum atomic E-state index is -0.229. The normalized spacial score (nSPS) is 13.7. The minimum absolute atomic E-state index is 0.151. The molecule has 4 rings (SSSR count). The Morgan fingerprint density at radius 3 is 2.26 bits per heavy atom. The third kappa shape index (κ3) is 3.80.